The summed E-state index contributed by atoms with van der Waals surface area (Å²) in [6.07, 6.45) is 0. The average molecular weight is 434 g/mol. The van der Waals surface area contributed by atoms with E-state index in [0.29, 0.717) is 5.58 Å². The van der Waals surface area contributed by atoms with E-state index in [1.54, 1.807) is 6.07 Å². The second-order valence-corrected chi connectivity index (χ2v) is 9.36. The van der Waals surface area contributed by atoms with Crippen molar-refractivity contribution in [2.24, 2.45) is 0 Å². The summed E-state index contributed by atoms with van der Waals surface area (Å²) in [5.41, 5.74) is 3.10. The molecular weight excluding hydrogens is 402 g/mol. The summed E-state index contributed by atoms with van der Waals surface area (Å²) in [5.74, 6) is 0.103. The number of hydrogen-bond acceptors (Lipinski definition) is 5. The van der Waals surface area contributed by atoms with Crippen molar-refractivity contribution in [3.63, 3.8) is 0 Å². The van der Waals surface area contributed by atoms with Gasteiger partial charge >= 0.3 is 5.63 Å². The third-order valence-corrected chi connectivity index (χ3v) is 6.05. The van der Waals surface area contributed by atoms with Crippen LogP contribution in [0.25, 0.3) is 11.0 Å². The molecule has 0 spiro atoms. The monoisotopic (exact) mass is 433 g/mol. The highest BCUT2D eigenvalue weighted by Gasteiger charge is 2.22. The molecule has 1 aliphatic heterocycles. The Bertz CT molecular complexity index is 1140. The standard InChI is InChI=1S/C26H31N3O3/c1-26(2,3)20-10-8-19(9-11-20)25(31)29-16-14-28(15-17-29)13-12-27-22-18-24(30)32-23-7-5-4-6-21(22)23/h4-11,18,27H,12-17H2,1-3H3. The van der Waals surface area contributed by atoms with Crippen molar-refractivity contribution >= 4 is 22.6 Å². The Morgan fingerprint density at radius 3 is 2.38 bits per heavy atom. The van der Waals surface area contributed by atoms with E-state index in [1.165, 1.54) is 11.6 Å². The molecule has 2 aromatic carbocycles. The number of carbonyl (C=O) groups excluding carboxylic acids is 1. The molecule has 0 saturated carbocycles. The predicted octanol–water partition coefficient (Wildman–Crippen LogP) is 3.96. The molecule has 0 bridgehead atoms. The van der Waals surface area contributed by atoms with Gasteiger partial charge in [-0.1, -0.05) is 45.0 Å². The van der Waals surface area contributed by atoms with Crippen molar-refractivity contribution in [3.05, 3.63) is 76.1 Å². The fourth-order valence-corrected chi connectivity index (χ4v) is 4.08. The molecule has 1 aliphatic rings. The average Bonchev–Trinajstić information content (AvgIpc) is 2.78. The first-order valence-electron chi connectivity index (χ1n) is 11.2. The zero-order valence-electron chi connectivity index (χ0n) is 19.1. The maximum absolute atomic E-state index is 12.9. The Morgan fingerprint density at radius 2 is 1.69 bits per heavy atom. The van der Waals surface area contributed by atoms with E-state index in [-0.39, 0.29) is 16.9 Å². The summed E-state index contributed by atoms with van der Waals surface area (Å²) in [4.78, 5) is 29.0. The minimum atomic E-state index is -0.353. The molecule has 0 aliphatic carbocycles. The minimum absolute atomic E-state index is 0.0807. The number of nitrogens with one attached hydrogen (secondary N) is 1. The topological polar surface area (TPSA) is 65.8 Å². The van der Waals surface area contributed by atoms with Crippen LogP contribution < -0.4 is 10.9 Å². The molecule has 0 atom stereocenters. The Hall–Kier alpha value is -3.12. The number of anilines is 1. The molecule has 1 amide bonds. The fourth-order valence-electron chi connectivity index (χ4n) is 4.08. The minimum Gasteiger partial charge on any atom is -0.423 e. The number of para-hydroxylation sites is 1. The SMILES string of the molecule is CC(C)(C)c1ccc(C(=O)N2CCN(CCNc3cc(=O)oc4ccccc34)CC2)cc1. The van der Waals surface area contributed by atoms with Crippen LogP contribution in [0.2, 0.25) is 0 Å². The molecule has 0 unspecified atom stereocenters. The number of piperazine rings is 1. The van der Waals surface area contributed by atoms with Crippen LogP contribution in [0.5, 0.6) is 0 Å². The van der Waals surface area contributed by atoms with Gasteiger partial charge in [0.15, 0.2) is 0 Å². The van der Waals surface area contributed by atoms with Gasteiger partial charge in [0, 0.05) is 56.3 Å². The number of fused-ring (bicyclic) bond motifs is 1. The van der Waals surface area contributed by atoms with E-state index in [9.17, 15) is 9.59 Å². The molecule has 1 fully saturated rings. The Morgan fingerprint density at radius 1 is 1.00 bits per heavy atom. The van der Waals surface area contributed by atoms with Gasteiger partial charge in [0.2, 0.25) is 0 Å². The summed E-state index contributed by atoms with van der Waals surface area (Å²) in [6, 6.07) is 17.0. The molecule has 1 aromatic heterocycles. The van der Waals surface area contributed by atoms with Crippen molar-refractivity contribution in [1.29, 1.82) is 0 Å². The number of nitrogens with zero attached hydrogens (tertiary/aromatic N) is 2. The zero-order valence-corrected chi connectivity index (χ0v) is 19.1. The van der Waals surface area contributed by atoms with E-state index < -0.39 is 0 Å². The van der Waals surface area contributed by atoms with Gasteiger partial charge in [-0.3, -0.25) is 9.69 Å². The number of benzene rings is 2. The second-order valence-electron chi connectivity index (χ2n) is 9.36. The molecule has 2 heterocycles. The summed E-state index contributed by atoms with van der Waals surface area (Å²) in [5, 5.41) is 4.27. The zero-order chi connectivity index (χ0) is 22.7. The highest BCUT2D eigenvalue weighted by molar-refractivity contribution is 5.94. The quantitative estimate of drug-likeness (QED) is 0.617. The lowest BCUT2D eigenvalue weighted by Gasteiger charge is -2.35. The Kier molecular flexibility index (Phi) is 6.33. The molecule has 1 N–H and O–H groups in total. The van der Waals surface area contributed by atoms with Crippen LogP contribution in [-0.2, 0) is 5.41 Å². The van der Waals surface area contributed by atoms with Crippen LogP contribution in [0, 0.1) is 0 Å². The third kappa shape index (κ3) is 5.02. The van der Waals surface area contributed by atoms with E-state index in [1.807, 2.05) is 35.2 Å². The van der Waals surface area contributed by atoms with Crippen molar-refractivity contribution < 1.29 is 9.21 Å². The summed E-state index contributed by atoms with van der Waals surface area (Å²) in [6.45, 7) is 11.2. The Balaban J connectivity index is 1.28. The molecular formula is C26H31N3O3. The molecule has 0 radical (unpaired) electrons. The molecule has 3 aromatic rings. The van der Waals surface area contributed by atoms with Gasteiger partial charge in [0.25, 0.3) is 5.91 Å². The van der Waals surface area contributed by atoms with Crippen LogP contribution in [0.4, 0.5) is 5.69 Å². The third-order valence-electron chi connectivity index (χ3n) is 6.05. The van der Waals surface area contributed by atoms with Crippen LogP contribution in [-0.4, -0.2) is 55.0 Å². The lowest BCUT2D eigenvalue weighted by atomic mass is 9.86. The van der Waals surface area contributed by atoms with Gasteiger partial charge in [0.05, 0.1) is 5.69 Å². The van der Waals surface area contributed by atoms with Crippen LogP contribution in [0.1, 0.15) is 36.7 Å². The molecule has 6 heteroatoms. The first-order valence-corrected chi connectivity index (χ1v) is 11.2. The van der Waals surface area contributed by atoms with Gasteiger partial charge in [0.1, 0.15) is 5.58 Å². The largest absolute Gasteiger partial charge is 0.423 e. The van der Waals surface area contributed by atoms with E-state index >= 15 is 0 Å². The summed E-state index contributed by atoms with van der Waals surface area (Å²) in [7, 11) is 0. The van der Waals surface area contributed by atoms with Crippen molar-refractivity contribution in [2.75, 3.05) is 44.6 Å². The van der Waals surface area contributed by atoms with Crippen molar-refractivity contribution in [1.82, 2.24) is 9.80 Å². The molecule has 32 heavy (non-hydrogen) atoms. The second kappa shape index (κ2) is 9.17. The lowest BCUT2D eigenvalue weighted by molar-refractivity contribution is 0.0642. The molecule has 1 saturated heterocycles. The number of carbonyl (C=O) groups is 1. The first kappa shape index (κ1) is 22.1. The maximum Gasteiger partial charge on any atom is 0.338 e. The molecule has 4 rings (SSSR count). The summed E-state index contributed by atoms with van der Waals surface area (Å²) >= 11 is 0. The van der Waals surface area contributed by atoms with Gasteiger partial charge in [-0.25, -0.2) is 4.79 Å². The van der Waals surface area contributed by atoms with E-state index in [4.69, 9.17) is 4.42 Å². The van der Waals surface area contributed by atoms with Gasteiger partial charge in [-0.15, -0.1) is 0 Å². The normalized spacial score (nSPS) is 15.2. The highest BCUT2D eigenvalue weighted by atomic mass is 16.4. The Labute approximate surface area is 188 Å². The van der Waals surface area contributed by atoms with Gasteiger partial charge in [-0.2, -0.15) is 0 Å². The molecule has 168 valence electrons. The number of amides is 1. The number of rotatable bonds is 5. The van der Waals surface area contributed by atoms with E-state index in [2.05, 4.69) is 43.1 Å². The smallest absolute Gasteiger partial charge is 0.338 e. The lowest BCUT2D eigenvalue weighted by Crippen LogP contribution is -2.49. The van der Waals surface area contributed by atoms with Crippen LogP contribution in [0.15, 0.2) is 63.8 Å². The number of hydrogen-bond donors (Lipinski definition) is 1. The van der Waals surface area contributed by atoms with Gasteiger partial charge < -0.3 is 14.6 Å². The van der Waals surface area contributed by atoms with Crippen LogP contribution >= 0.6 is 0 Å². The van der Waals surface area contributed by atoms with Crippen molar-refractivity contribution in [2.45, 2.75) is 26.2 Å². The van der Waals surface area contributed by atoms with Gasteiger partial charge in [-0.05, 0) is 35.2 Å². The predicted molar refractivity (Wildman–Crippen MR) is 128 cm³/mol. The van der Waals surface area contributed by atoms with E-state index in [0.717, 1.165) is 55.9 Å². The summed E-state index contributed by atoms with van der Waals surface area (Å²) < 4.78 is 5.25. The maximum atomic E-state index is 12.9. The fraction of sp³-hybridized carbons (Fsp3) is 0.385. The van der Waals surface area contributed by atoms with Crippen molar-refractivity contribution in [3.8, 4) is 0 Å². The highest BCUT2D eigenvalue weighted by Crippen LogP contribution is 2.23. The first-order chi connectivity index (χ1) is 15.3. The van der Waals surface area contributed by atoms with Crippen LogP contribution in [0.3, 0.4) is 0 Å². The molecule has 6 nitrogen and oxygen atoms in total.